The number of hydrogen-bond acceptors (Lipinski definition) is 10. The summed E-state index contributed by atoms with van der Waals surface area (Å²) in [5, 5.41) is 7.82. The first-order chi connectivity index (χ1) is 18.2. The lowest BCUT2D eigenvalue weighted by Gasteiger charge is -2.25. The van der Waals surface area contributed by atoms with E-state index < -0.39 is 21.2 Å². The van der Waals surface area contributed by atoms with E-state index in [4.69, 9.17) is 18.9 Å². The summed E-state index contributed by atoms with van der Waals surface area (Å²) in [6.45, 7) is 8.24. The van der Waals surface area contributed by atoms with Crippen LogP contribution in [0.3, 0.4) is 0 Å². The van der Waals surface area contributed by atoms with E-state index in [1.165, 1.54) is 0 Å². The molecule has 4 rings (SSSR count). The lowest BCUT2D eigenvalue weighted by Crippen LogP contribution is -2.32. The summed E-state index contributed by atoms with van der Waals surface area (Å²) in [6, 6.07) is 5.38. The van der Waals surface area contributed by atoms with Gasteiger partial charge in [0.1, 0.15) is 34.9 Å². The maximum atomic E-state index is 13.9. The number of benzene rings is 1. The molecule has 1 saturated heterocycles. The van der Waals surface area contributed by atoms with Gasteiger partial charge in [-0.2, -0.15) is 0 Å². The fourth-order valence-corrected chi connectivity index (χ4v) is 5.82. The van der Waals surface area contributed by atoms with Gasteiger partial charge in [0.2, 0.25) is 0 Å². The van der Waals surface area contributed by atoms with E-state index in [2.05, 4.69) is 20.2 Å². The molecule has 3 aromatic rings. The fourth-order valence-electron chi connectivity index (χ4n) is 4.45. The molecule has 12 heteroatoms. The van der Waals surface area contributed by atoms with Crippen molar-refractivity contribution < 1.29 is 27.4 Å². The molecule has 11 nitrogen and oxygen atoms in total. The summed E-state index contributed by atoms with van der Waals surface area (Å²) in [7, 11) is -0.737. The van der Waals surface area contributed by atoms with Crippen molar-refractivity contribution in [2.75, 3.05) is 27.4 Å². The lowest BCUT2D eigenvalue weighted by molar-refractivity contribution is 0.00141. The standard InChI is InChI=1S/C26H35N5O6S/c1-16(2)37-24(25-27-12-17(3)13-28-25)18(4)38(32,33)15-22-29-30-26(19-10-11-36-14-19)31(22)23-20(34-5)8-7-9-21(23)35-6/h7-9,12-13,16,18-19,24H,10-11,14-15H2,1-6H3/t18-,19-,24+/m0/s1. The van der Waals surface area contributed by atoms with Crippen LogP contribution < -0.4 is 9.47 Å². The van der Waals surface area contributed by atoms with Gasteiger partial charge in [-0.1, -0.05) is 6.07 Å². The second-order valence-electron chi connectivity index (χ2n) is 9.62. The highest BCUT2D eigenvalue weighted by molar-refractivity contribution is 7.91. The van der Waals surface area contributed by atoms with E-state index in [-0.39, 0.29) is 23.6 Å². The van der Waals surface area contributed by atoms with Gasteiger partial charge < -0.3 is 18.9 Å². The SMILES string of the molecule is COc1cccc(OC)c1-n1c(CS(=O)(=O)[C@@H](C)[C@@H](OC(C)C)c2ncc(C)cn2)nnc1[C@H]1CCOC1. The van der Waals surface area contributed by atoms with Crippen LogP contribution in [0.1, 0.15) is 62.3 Å². The molecule has 0 amide bonds. The zero-order valence-corrected chi connectivity index (χ0v) is 23.4. The molecule has 3 atom stereocenters. The molecular formula is C26H35N5O6S. The second-order valence-corrected chi connectivity index (χ2v) is 12.0. The van der Waals surface area contributed by atoms with Crippen LogP contribution in [0.5, 0.6) is 11.5 Å². The number of methoxy groups -OCH3 is 2. The predicted molar refractivity (Wildman–Crippen MR) is 140 cm³/mol. The normalized spacial score (nSPS) is 17.5. The van der Waals surface area contributed by atoms with Crippen molar-refractivity contribution in [1.82, 2.24) is 24.7 Å². The highest BCUT2D eigenvalue weighted by Gasteiger charge is 2.37. The van der Waals surface area contributed by atoms with E-state index in [1.807, 2.05) is 20.8 Å². The monoisotopic (exact) mass is 545 g/mol. The summed E-state index contributed by atoms with van der Waals surface area (Å²) < 4.78 is 52.4. The van der Waals surface area contributed by atoms with E-state index in [1.54, 1.807) is 56.3 Å². The fraction of sp³-hybridized carbons (Fsp3) is 0.538. The summed E-state index contributed by atoms with van der Waals surface area (Å²) in [6.07, 6.45) is 2.95. The molecule has 0 aliphatic carbocycles. The van der Waals surface area contributed by atoms with Crippen molar-refractivity contribution in [3.63, 3.8) is 0 Å². The summed E-state index contributed by atoms with van der Waals surface area (Å²) in [4.78, 5) is 8.72. The van der Waals surface area contributed by atoms with Crippen LogP contribution in [0.4, 0.5) is 0 Å². The van der Waals surface area contributed by atoms with Crippen molar-refractivity contribution in [3.8, 4) is 17.2 Å². The Labute approximate surface area is 223 Å². The van der Waals surface area contributed by atoms with Gasteiger partial charge in [-0.05, 0) is 51.8 Å². The maximum Gasteiger partial charge on any atom is 0.163 e. The Kier molecular flexibility index (Phi) is 8.64. The van der Waals surface area contributed by atoms with Gasteiger partial charge in [0, 0.05) is 24.9 Å². The molecule has 3 heterocycles. The number of hydrogen-bond donors (Lipinski definition) is 0. The number of sulfone groups is 1. The van der Waals surface area contributed by atoms with Gasteiger partial charge in [-0.25, -0.2) is 18.4 Å². The lowest BCUT2D eigenvalue weighted by atomic mass is 10.1. The number of nitrogens with zero attached hydrogens (tertiary/aromatic N) is 5. The minimum Gasteiger partial charge on any atom is -0.494 e. The molecule has 0 radical (unpaired) electrons. The smallest absolute Gasteiger partial charge is 0.163 e. The van der Waals surface area contributed by atoms with Crippen molar-refractivity contribution in [1.29, 1.82) is 0 Å². The molecule has 206 valence electrons. The largest absolute Gasteiger partial charge is 0.494 e. The topological polar surface area (TPSA) is 128 Å². The van der Waals surface area contributed by atoms with E-state index in [9.17, 15) is 8.42 Å². The summed E-state index contributed by atoms with van der Waals surface area (Å²) in [5.41, 5.74) is 1.41. The van der Waals surface area contributed by atoms with Gasteiger partial charge in [0.05, 0.1) is 32.2 Å². The molecule has 0 bridgehead atoms. The number of aryl methyl sites for hydroxylation is 1. The van der Waals surface area contributed by atoms with E-state index >= 15 is 0 Å². The van der Waals surface area contributed by atoms with E-state index in [0.717, 1.165) is 12.0 Å². The Balaban J connectivity index is 1.78. The summed E-state index contributed by atoms with van der Waals surface area (Å²) in [5.74, 6) is 1.73. The molecule has 2 aromatic heterocycles. The molecule has 0 unspecified atom stereocenters. The molecule has 1 aromatic carbocycles. The quantitative estimate of drug-likeness (QED) is 0.354. The highest BCUT2D eigenvalue weighted by Crippen LogP contribution is 2.37. The van der Waals surface area contributed by atoms with Crippen LogP contribution in [-0.4, -0.2) is 71.9 Å². The maximum absolute atomic E-state index is 13.9. The Morgan fingerprint density at radius 1 is 1.08 bits per heavy atom. The number of ether oxygens (including phenoxy) is 4. The van der Waals surface area contributed by atoms with Gasteiger partial charge in [0.15, 0.2) is 21.5 Å². The zero-order valence-electron chi connectivity index (χ0n) is 22.6. The van der Waals surface area contributed by atoms with E-state index in [0.29, 0.717) is 42.0 Å². The van der Waals surface area contributed by atoms with Gasteiger partial charge in [0.25, 0.3) is 0 Å². The molecule has 38 heavy (non-hydrogen) atoms. The number of rotatable bonds is 11. The van der Waals surface area contributed by atoms with Crippen LogP contribution >= 0.6 is 0 Å². The first kappa shape index (κ1) is 27.9. The van der Waals surface area contributed by atoms with Crippen molar-refractivity contribution in [2.45, 2.75) is 63.2 Å². The van der Waals surface area contributed by atoms with Crippen molar-refractivity contribution in [2.24, 2.45) is 0 Å². The number of aromatic nitrogens is 5. The third-order valence-corrected chi connectivity index (χ3v) is 8.51. The zero-order chi connectivity index (χ0) is 27.4. The molecule has 0 saturated carbocycles. The predicted octanol–water partition coefficient (Wildman–Crippen LogP) is 3.36. The minimum atomic E-state index is -3.84. The van der Waals surface area contributed by atoms with Crippen LogP contribution in [0, 0.1) is 6.92 Å². The Morgan fingerprint density at radius 3 is 2.29 bits per heavy atom. The molecular weight excluding hydrogens is 510 g/mol. The van der Waals surface area contributed by atoms with Crippen molar-refractivity contribution >= 4 is 9.84 Å². The van der Waals surface area contributed by atoms with Crippen LogP contribution in [0.15, 0.2) is 30.6 Å². The first-order valence-corrected chi connectivity index (χ1v) is 14.3. The molecule has 0 N–H and O–H groups in total. The first-order valence-electron chi connectivity index (χ1n) is 12.5. The Bertz CT molecular complexity index is 1310. The highest BCUT2D eigenvalue weighted by atomic mass is 32.2. The molecule has 0 spiro atoms. The molecule has 1 fully saturated rings. The van der Waals surface area contributed by atoms with Crippen LogP contribution in [0.25, 0.3) is 5.69 Å². The molecule has 1 aliphatic heterocycles. The Morgan fingerprint density at radius 2 is 1.74 bits per heavy atom. The summed E-state index contributed by atoms with van der Waals surface area (Å²) >= 11 is 0. The van der Waals surface area contributed by atoms with Crippen molar-refractivity contribution in [3.05, 3.63) is 53.6 Å². The average molecular weight is 546 g/mol. The molecule has 1 aliphatic rings. The number of para-hydroxylation sites is 1. The minimum absolute atomic E-state index is 0.0519. The Hall–Kier alpha value is -3.09. The third-order valence-electron chi connectivity index (χ3n) is 6.47. The van der Waals surface area contributed by atoms with Gasteiger partial charge in [-0.3, -0.25) is 4.57 Å². The van der Waals surface area contributed by atoms with Crippen LogP contribution in [-0.2, 0) is 25.1 Å². The average Bonchev–Trinajstić information content (AvgIpc) is 3.56. The second kappa shape index (κ2) is 11.7. The van der Waals surface area contributed by atoms with Crippen LogP contribution in [0.2, 0.25) is 0 Å². The van der Waals surface area contributed by atoms with Gasteiger partial charge in [-0.15, -0.1) is 10.2 Å². The third kappa shape index (κ3) is 5.82. The van der Waals surface area contributed by atoms with Gasteiger partial charge >= 0.3 is 0 Å².